The number of methoxy groups -OCH3 is 1. The van der Waals surface area contributed by atoms with E-state index in [0.29, 0.717) is 16.9 Å². The van der Waals surface area contributed by atoms with Gasteiger partial charge in [0.15, 0.2) is 5.78 Å². The third-order valence-electron chi connectivity index (χ3n) is 4.67. The molecule has 0 aliphatic heterocycles. The highest BCUT2D eigenvalue weighted by Crippen LogP contribution is 2.27. The third kappa shape index (κ3) is 4.36. The van der Waals surface area contributed by atoms with Crippen LogP contribution in [-0.2, 0) is 0 Å². The molecule has 0 aromatic heterocycles. The van der Waals surface area contributed by atoms with Crippen molar-refractivity contribution in [3.8, 4) is 28.4 Å². The Hall–Kier alpha value is -3.85. The first-order valence-corrected chi connectivity index (χ1v) is 9.35. The van der Waals surface area contributed by atoms with Gasteiger partial charge in [0.1, 0.15) is 17.2 Å². The van der Waals surface area contributed by atoms with Gasteiger partial charge in [0.2, 0.25) is 0 Å². The van der Waals surface area contributed by atoms with Crippen LogP contribution in [0.25, 0.3) is 11.1 Å². The lowest BCUT2D eigenvalue weighted by molar-refractivity contribution is 0.103. The summed E-state index contributed by atoms with van der Waals surface area (Å²) in [6, 6.07) is 32.3. The Morgan fingerprint density at radius 3 is 1.52 bits per heavy atom. The molecule has 0 amide bonds. The number of carbonyl (C=O) groups excluding carboxylic acids is 1. The lowest BCUT2D eigenvalue weighted by atomic mass is 10.0. The van der Waals surface area contributed by atoms with E-state index in [2.05, 4.69) is 0 Å². The SMILES string of the molecule is COc1ccc(-c2ccc(Oc3ccc(C(=O)c4ccccc4)cc3)cc2)cc1. The quantitative estimate of drug-likeness (QED) is 0.364. The van der Waals surface area contributed by atoms with E-state index in [0.717, 1.165) is 22.6 Å². The summed E-state index contributed by atoms with van der Waals surface area (Å²) < 4.78 is 11.1. The van der Waals surface area contributed by atoms with Crippen molar-refractivity contribution in [3.63, 3.8) is 0 Å². The third-order valence-corrected chi connectivity index (χ3v) is 4.67. The molecule has 0 radical (unpaired) electrons. The number of benzene rings is 4. The molecule has 3 nitrogen and oxygen atoms in total. The van der Waals surface area contributed by atoms with Gasteiger partial charge in [0.05, 0.1) is 7.11 Å². The second-order valence-corrected chi connectivity index (χ2v) is 6.57. The predicted octanol–water partition coefficient (Wildman–Crippen LogP) is 6.39. The van der Waals surface area contributed by atoms with E-state index in [4.69, 9.17) is 9.47 Å². The number of carbonyl (C=O) groups is 1. The molecule has 4 rings (SSSR count). The van der Waals surface area contributed by atoms with Gasteiger partial charge in [-0.1, -0.05) is 54.6 Å². The lowest BCUT2D eigenvalue weighted by Gasteiger charge is -2.08. The molecule has 0 heterocycles. The minimum Gasteiger partial charge on any atom is -0.497 e. The predicted molar refractivity (Wildman–Crippen MR) is 115 cm³/mol. The van der Waals surface area contributed by atoms with Crippen LogP contribution in [0.2, 0.25) is 0 Å². The fourth-order valence-electron chi connectivity index (χ4n) is 3.07. The van der Waals surface area contributed by atoms with Gasteiger partial charge in [0.25, 0.3) is 0 Å². The summed E-state index contributed by atoms with van der Waals surface area (Å²) in [6.07, 6.45) is 0. The fourth-order valence-corrected chi connectivity index (χ4v) is 3.07. The molecule has 0 fully saturated rings. The van der Waals surface area contributed by atoms with E-state index in [-0.39, 0.29) is 5.78 Å². The summed E-state index contributed by atoms with van der Waals surface area (Å²) in [6.45, 7) is 0. The van der Waals surface area contributed by atoms with Gasteiger partial charge in [-0.2, -0.15) is 0 Å². The first kappa shape index (κ1) is 18.5. The largest absolute Gasteiger partial charge is 0.497 e. The Bertz CT molecular complexity index is 1080. The molecule has 142 valence electrons. The molecule has 0 N–H and O–H groups in total. The first-order valence-electron chi connectivity index (χ1n) is 9.35. The van der Waals surface area contributed by atoms with Gasteiger partial charge < -0.3 is 9.47 Å². The molecule has 4 aromatic rings. The van der Waals surface area contributed by atoms with E-state index >= 15 is 0 Å². The van der Waals surface area contributed by atoms with Crippen molar-refractivity contribution in [1.82, 2.24) is 0 Å². The molecule has 4 aromatic carbocycles. The molecule has 0 saturated carbocycles. The zero-order valence-corrected chi connectivity index (χ0v) is 16.0. The van der Waals surface area contributed by atoms with Crippen molar-refractivity contribution >= 4 is 5.78 Å². The summed E-state index contributed by atoms with van der Waals surface area (Å²) >= 11 is 0. The van der Waals surface area contributed by atoms with Crippen LogP contribution in [-0.4, -0.2) is 12.9 Å². The normalized spacial score (nSPS) is 10.4. The van der Waals surface area contributed by atoms with E-state index < -0.39 is 0 Å². The maximum absolute atomic E-state index is 12.5. The van der Waals surface area contributed by atoms with E-state index in [1.165, 1.54) is 0 Å². The number of rotatable bonds is 6. The minimum absolute atomic E-state index is 0.000921. The van der Waals surface area contributed by atoms with Crippen LogP contribution in [0.3, 0.4) is 0 Å². The van der Waals surface area contributed by atoms with Crippen LogP contribution in [0.5, 0.6) is 17.2 Å². The monoisotopic (exact) mass is 380 g/mol. The maximum atomic E-state index is 12.5. The highest BCUT2D eigenvalue weighted by Gasteiger charge is 2.08. The molecule has 0 saturated heterocycles. The van der Waals surface area contributed by atoms with Crippen LogP contribution < -0.4 is 9.47 Å². The summed E-state index contributed by atoms with van der Waals surface area (Å²) in [7, 11) is 1.66. The van der Waals surface area contributed by atoms with Crippen molar-refractivity contribution in [2.24, 2.45) is 0 Å². The summed E-state index contributed by atoms with van der Waals surface area (Å²) in [5.74, 6) is 2.26. The summed E-state index contributed by atoms with van der Waals surface area (Å²) in [4.78, 5) is 12.5. The molecule has 0 spiro atoms. The fraction of sp³-hybridized carbons (Fsp3) is 0.0385. The van der Waals surface area contributed by atoms with Crippen LogP contribution in [0.15, 0.2) is 103 Å². The zero-order chi connectivity index (χ0) is 20.1. The smallest absolute Gasteiger partial charge is 0.193 e. The topological polar surface area (TPSA) is 35.5 Å². The zero-order valence-electron chi connectivity index (χ0n) is 16.0. The van der Waals surface area contributed by atoms with Crippen molar-refractivity contribution in [2.75, 3.05) is 7.11 Å². The molecule has 0 unspecified atom stereocenters. The highest BCUT2D eigenvalue weighted by atomic mass is 16.5. The minimum atomic E-state index is 0.000921. The molecule has 29 heavy (non-hydrogen) atoms. The maximum Gasteiger partial charge on any atom is 0.193 e. The Morgan fingerprint density at radius 2 is 1.00 bits per heavy atom. The van der Waals surface area contributed by atoms with Gasteiger partial charge in [-0.15, -0.1) is 0 Å². The van der Waals surface area contributed by atoms with Crippen LogP contribution in [0.1, 0.15) is 15.9 Å². The standard InChI is InChI=1S/C26H20O3/c1-28-23-13-7-19(8-14-23)20-9-15-24(16-10-20)29-25-17-11-22(12-18-25)26(27)21-5-3-2-4-6-21/h2-18H,1H3. The number of hydrogen-bond donors (Lipinski definition) is 0. The molecule has 0 bridgehead atoms. The van der Waals surface area contributed by atoms with Crippen molar-refractivity contribution in [2.45, 2.75) is 0 Å². The highest BCUT2D eigenvalue weighted by molar-refractivity contribution is 6.08. The van der Waals surface area contributed by atoms with Crippen molar-refractivity contribution in [3.05, 3.63) is 114 Å². The molecule has 0 atom stereocenters. The van der Waals surface area contributed by atoms with Gasteiger partial charge in [-0.3, -0.25) is 4.79 Å². The number of ether oxygens (including phenoxy) is 2. The second-order valence-electron chi connectivity index (χ2n) is 6.57. The van der Waals surface area contributed by atoms with E-state index in [1.54, 1.807) is 19.2 Å². The molecule has 0 aliphatic carbocycles. The molecule has 0 aliphatic rings. The van der Waals surface area contributed by atoms with Crippen molar-refractivity contribution in [1.29, 1.82) is 0 Å². The average Bonchev–Trinajstić information content (AvgIpc) is 2.80. The molecular formula is C26H20O3. The van der Waals surface area contributed by atoms with Crippen LogP contribution in [0, 0.1) is 0 Å². The summed E-state index contributed by atoms with van der Waals surface area (Å²) in [5.41, 5.74) is 3.53. The van der Waals surface area contributed by atoms with E-state index in [1.807, 2.05) is 91.0 Å². The Labute approximate surface area is 170 Å². The first-order chi connectivity index (χ1) is 14.2. The number of ketones is 1. The van der Waals surface area contributed by atoms with Gasteiger partial charge in [-0.05, 0) is 59.7 Å². The second kappa shape index (κ2) is 8.44. The average molecular weight is 380 g/mol. The Morgan fingerprint density at radius 1 is 0.552 bits per heavy atom. The number of hydrogen-bond acceptors (Lipinski definition) is 3. The lowest BCUT2D eigenvalue weighted by Crippen LogP contribution is -2.00. The molecule has 3 heteroatoms. The van der Waals surface area contributed by atoms with Crippen LogP contribution in [0.4, 0.5) is 0 Å². The van der Waals surface area contributed by atoms with Crippen LogP contribution >= 0.6 is 0 Å². The van der Waals surface area contributed by atoms with Gasteiger partial charge in [-0.25, -0.2) is 0 Å². The van der Waals surface area contributed by atoms with Gasteiger partial charge >= 0.3 is 0 Å². The summed E-state index contributed by atoms with van der Waals surface area (Å²) in [5, 5.41) is 0. The van der Waals surface area contributed by atoms with Crippen molar-refractivity contribution < 1.29 is 14.3 Å². The van der Waals surface area contributed by atoms with E-state index in [9.17, 15) is 4.79 Å². The Kier molecular flexibility index (Phi) is 5.39. The Balaban J connectivity index is 1.44. The molecular weight excluding hydrogens is 360 g/mol. The van der Waals surface area contributed by atoms with Gasteiger partial charge in [0, 0.05) is 11.1 Å².